The minimum Gasteiger partial charge on any atom is -0.460 e. The van der Waals surface area contributed by atoms with Crippen LogP contribution >= 0.6 is 0 Å². The van der Waals surface area contributed by atoms with Gasteiger partial charge in [-0.2, -0.15) is 0 Å². The molecule has 3 rings (SSSR count). The van der Waals surface area contributed by atoms with E-state index in [1.165, 1.54) is 12.1 Å². The van der Waals surface area contributed by atoms with Gasteiger partial charge in [0.25, 0.3) is 0 Å². The first-order valence-corrected chi connectivity index (χ1v) is 12.0. The molecule has 1 aliphatic rings. The molecule has 1 amide bonds. The summed E-state index contributed by atoms with van der Waals surface area (Å²) in [4.78, 5) is 25.9. The minimum atomic E-state index is -4.04. The number of benzene rings is 2. The molecule has 2 atom stereocenters. The summed E-state index contributed by atoms with van der Waals surface area (Å²) in [5.74, 6) is -2.07. The number of ether oxygens (including phenoxy) is 1. The summed E-state index contributed by atoms with van der Waals surface area (Å²) in [6.45, 7) is 6.25. The third kappa shape index (κ3) is 5.73. The van der Waals surface area contributed by atoms with Crippen molar-refractivity contribution in [1.82, 2.24) is 5.32 Å². The topological polar surface area (TPSA) is 128 Å². The summed E-state index contributed by atoms with van der Waals surface area (Å²) in [5.41, 5.74) is 0.558. The van der Waals surface area contributed by atoms with Crippen molar-refractivity contribution in [2.24, 2.45) is 17.0 Å². The number of nitrogens with one attached hydrogen (secondary N) is 2. The van der Waals surface area contributed by atoms with Crippen LogP contribution in [0.3, 0.4) is 0 Å². The normalized spacial score (nSPS) is 19.2. The van der Waals surface area contributed by atoms with Crippen molar-refractivity contribution >= 4 is 27.6 Å². The van der Waals surface area contributed by atoms with Crippen molar-refractivity contribution in [3.63, 3.8) is 0 Å². The maximum atomic E-state index is 13.3. The molecule has 1 heterocycles. The summed E-state index contributed by atoms with van der Waals surface area (Å²) in [5, 5.41) is 11.4. The number of sulfonamides is 1. The lowest BCUT2D eigenvalue weighted by atomic mass is 9.85. The first-order valence-electron chi connectivity index (χ1n) is 10.4. The zero-order valence-electron chi connectivity index (χ0n) is 18.4. The molecule has 172 valence electrons. The molecule has 0 spiro atoms. The first kappa shape index (κ1) is 23.9. The maximum absolute atomic E-state index is 13.3. The van der Waals surface area contributed by atoms with Crippen LogP contribution in [0, 0.1) is 11.8 Å². The SMILES string of the molecule is CC(C)(C)OC(=O)C1CNCCC1C(=O)Nc1cccc(S(N)(=O)=O)c1-c1ccccc1. The lowest BCUT2D eigenvalue weighted by Gasteiger charge is -2.32. The molecule has 8 nitrogen and oxygen atoms in total. The lowest BCUT2D eigenvalue weighted by molar-refractivity contribution is -0.164. The Morgan fingerprint density at radius 1 is 1.06 bits per heavy atom. The van der Waals surface area contributed by atoms with Crippen molar-refractivity contribution in [3.05, 3.63) is 48.5 Å². The molecule has 32 heavy (non-hydrogen) atoms. The molecule has 0 radical (unpaired) electrons. The molecular weight excluding hydrogens is 430 g/mol. The Morgan fingerprint density at radius 2 is 1.75 bits per heavy atom. The number of carbonyl (C=O) groups is 2. The summed E-state index contributed by atoms with van der Waals surface area (Å²) in [7, 11) is -4.04. The number of carbonyl (C=O) groups excluding carboxylic acids is 2. The number of anilines is 1. The standard InChI is InChI=1S/C23H29N3O5S/c1-23(2,3)31-22(28)17-14-25-13-12-16(17)21(27)26-18-10-7-11-19(32(24,29)30)20(18)15-8-5-4-6-9-15/h4-11,16-17,25H,12-14H2,1-3H3,(H,26,27)(H2,24,29,30). The van der Waals surface area contributed by atoms with Gasteiger partial charge < -0.3 is 15.4 Å². The summed E-state index contributed by atoms with van der Waals surface area (Å²) in [6.07, 6.45) is 0.450. The fourth-order valence-corrected chi connectivity index (χ4v) is 4.58. The quantitative estimate of drug-likeness (QED) is 0.590. The second-order valence-electron chi connectivity index (χ2n) is 8.82. The zero-order chi connectivity index (χ0) is 23.5. The summed E-state index contributed by atoms with van der Waals surface area (Å²) >= 11 is 0. The van der Waals surface area contributed by atoms with E-state index in [9.17, 15) is 18.0 Å². The summed E-state index contributed by atoms with van der Waals surface area (Å²) < 4.78 is 30.0. The smallest absolute Gasteiger partial charge is 0.311 e. The second kappa shape index (κ2) is 9.40. The van der Waals surface area contributed by atoms with Crippen LogP contribution in [0.2, 0.25) is 0 Å². The van der Waals surface area contributed by atoms with E-state index in [0.717, 1.165) is 0 Å². The van der Waals surface area contributed by atoms with Crippen molar-refractivity contribution in [1.29, 1.82) is 0 Å². The van der Waals surface area contributed by atoms with Gasteiger partial charge in [-0.25, -0.2) is 13.6 Å². The van der Waals surface area contributed by atoms with Crippen LogP contribution in [0.5, 0.6) is 0 Å². The average Bonchev–Trinajstić information content (AvgIpc) is 2.72. The number of esters is 1. The van der Waals surface area contributed by atoms with Crippen molar-refractivity contribution in [3.8, 4) is 11.1 Å². The highest BCUT2D eigenvalue weighted by atomic mass is 32.2. The van der Waals surface area contributed by atoms with Crippen LogP contribution in [0.25, 0.3) is 11.1 Å². The van der Waals surface area contributed by atoms with Crippen LogP contribution < -0.4 is 15.8 Å². The zero-order valence-corrected chi connectivity index (χ0v) is 19.2. The van der Waals surface area contributed by atoms with Crippen LogP contribution in [0.4, 0.5) is 5.69 Å². The van der Waals surface area contributed by atoms with Crippen LogP contribution in [0.15, 0.2) is 53.4 Å². The Hall–Kier alpha value is -2.75. The maximum Gasteiger partial charge on any atom is 0.311 e. The van der Waals surface area contributed by atoms with Crippen molar-refractivity contribution < 1.29 is 22.7 Å². The molecule has 2 unspecified atom stereocenters. The number of hydrogen-bond acceptors (Lipinski definition) is 6. The molecule has 9 heteroatoms. The second-order valence-corrected chi connectivity index (χ2v) is 10.3. The van der Waals surface area contributed by atoms with Gasteiger partial charge in [0.15, 0.2) is 0 Å². The van der Waals surface area contributed by atoms with Crippen molar-refractivity contribution in [2.75, 3.05) is 18.4 Å². The van der Waals surface area contributed by atoms with Gasteiger partial charge in [-0.1, -0.05) is 36.4 Å². The third-order valence-electron chi connectivity index (χ3n) is 5.18. The highest BCUT2D eigenvalue weighted by molar-refractivity contribution is 7.89. The van der Waals surface area contributed by atoms with Crippen LogP contribution in [-0.2, 0) is 24.3 Å². The van der Waals surface area contributed by atoms with Crippen LogP contribution in [0.1, 0.15) is 27.2 Å². The molecular formula is C23H29N3O5S. The number of amides is 1. The molecule has 0 aromatic heterocycles. The van der Waals surface area contributed by atoms with Gasteiger partial charge >= 0.3 is 5.97 Å². The predicted octanol–water partition coefficient (Wildman–Crippen LogP) is 2.51. The van der Waals surface area contributed by atoms with E-state index >= 15 is 0 Å². The third-order valence-corrected chi connectivity index (χ3v) is 6.13. The highest BCUT2D eigenvalue weighted by Crippen LogP contribution is 2.35. The van der Waals surface area contributed by atoms with Gasteiger partial charge in [-0.05, 0) is 51.4 Å². The van der Waals surface area contributed by atoms with Gasteiger partial charge in [-0.3, -0.25) is 9.59 Å². The van der Waals surface area contributed by atoms with E-state index in [0.29, 0.717) is 36.3 Å². The Bertz CT molecular complexity index is 1090. The predicted molar refractivity (Wildman–Crippen MR) is 122 cm³/mol. The monoisotopic (exact) mass is 459 g/mol. The van der Waals surface area contributed by atoms with Gasteiger partial charge in [0.1, 0.15) is 5.60 Å². The summed E-state index contributed by atoms with van der Waals surface area (Å²) in [6, 6.07) is 13.4. The molecule has 1 saturated heterocycles. The molecule has 0 bridgehead atoms. The van der Waals surface area contributed by atoms with E-state index in [2.05, 4.69) is 10.6 Å². The van der Waals surface area contributed by atoms with E-state index in [4.69, 9.17) is 9.88 Å². The molecule has 1 fully saturated rings. The molecule has 2 aromatic carbocycles. The Balaban J connectivity index is 1.96. The highest BCUT2D eigenvalue weighted by Gasteiger charge is 2.38. The lowest BCUT2D eigenvalue weighted by Crippen LogP contribution is -2.47. The molecule has 0 aliphatic carbocycles. The van der Waals surface area contributed by atoms with Gasteiger partial charge in [-0.15, -0.1) is 0 Å². The van der Waals surface area contributed by atoms with Gasteiger partial charge in [0.05, 0.1) is 16.7 Å². The average molecular weight is 460 g/mol. The largest absolute Gasteiger partial charge is 0.460 e. The number of primary sulfonamides is 1. The number of rotatable bonds is 5. The van der Waals surface area contributed by atoms with E-state index in [-0.39, 0.29) is 10.8 Å². The minimum absolute atomic E-state index is 0.0875. The fraction of sp³-hybridized carbons (Fsp3) is 0.391. The van der Waals surface area contributed by atoms with Gasteiger partial charge in [0.2, 0.25) is 15.9 Å². The Labute approximate surface area is 188 Å². The van der Waals surface area contributed by atoms with E-state index in [1.807, 2.05) is 6.07 Å². The Kier molecular flexibility index (Phi) is 7.02. The molecule has 4 N–H and O–H groups in total. The van der Waals surface area contributed by atoms with E-state index in [1.54, 1.807) is 51.1 Å². The Morgan fingerprint density at radius 3 is 2.38 bits per heavy atom. The van der Waals surface area contributed by atoms with E-state index < -0.39 is 33.4 Å². The van der Waals surface area contributed by atoms with Crippen LogP contribution in [-0.4, -0.2) is 39.0 Å². The fourth-order valence-electron chi connectivity index (χ4n) is 3.80. The molecule has 1 aliphatic heterocycles. The molecule has 2 aromatic rings. The molecule has 0 saturated carbocycles. The number of nitrogens with two attached hydrogens (primary N) is 1. The number of hydrogen-bond donors (Lipinski definition) is 3. The van der Waals surface area contributed by atoms with Gasteiger partial charge in [0, 0.05) is 17.8 Å². The first-order chi connectivity index (χ1) is 15.0. The number of piperidine rings is 1. The van der Waals surface area contributed by atoms with Crippen molar-refractivity contribution in [2.45, 2.75) is 37.7 Å².